The fourth-order valence-electron chi connectivity index (χ4n) is 2.07. The maximum absolute atomic E-state index is 12.5. The van der Waals surface area contributed by atoms with Gasteiger partial charge >= 0.3 is 0 Å². The maximum atomic E-state index is 12.5. The first-order chi connectivity index (χ1) is 14.6. The number of nitrogens with zero attached hydrogens (tertiary/aromatic N) is 1. The third-order valence-electron chi connectivity index (χ3n) is 2.93. The molecule has 106 valence electrons. The van der Waals surface area contributed by atoms with Crippen molar-refractivity contribution in [2.24, 2.45) is 0 Å². The van der Waals surface area contributed by atoms with E-state index in [0.717, 1.165) is 4.90 Å². The van der Waals surface area contributed by atoms with Crippen molar-refractivity contribution in [3.8, 4) is 0 Å². The number of rotatable bonds is 4. The largest absolute Gasteiger partial charge is 0.303 e. The summed E-state index contributed by atoms with van der Waals surface area (Å²) in [6, 6.07) is -3.67. The van der Waals surface area contributed by atoms with Gasteiger partial charge in [-0.05, 0) is 55.8 Å². The van der Waals surface area contributed by atoms with E-state index in [0.29, 0.717) is 0 Å². The number of hydrogen-bond acceptors (Lipinski definition) is 3. The molecule has 0 aromatic heterocycles. The Labute approximate surface area is 136 Å². The minimum Gasteiger partial charge on any atom is -0.303 e. The molecule has 1 aromatic carbocycles. The van der Waals surface area contributed by atoms with E-state index in [1.165, 1.54) is 0 Å². The standard InChI is InChI=1S/C15H23NO2S/c1-3-9-16-10-5-7-14(12-16)13-6-4-8-15(11-13)19(2,17)18/h4,6,8,11,14H,3,5,7,9-10,12H2,1-2H3/i1D3,2D3,3D2,4D,6D,8D,9D2,11D. The number of likely N-dealkylation sites (tertiary alicyclic amines) is 1. The van der Waals surface area contributed by atoms with Crippen molar-refractivity contribution in [1.82, 2.24) is 4.90 Å². The van der Waals surface area contributed by atoms with Crippen molar-refractivity contribution in [3.63, 3.8) is 0 Å². The highest BCUT2D eigenvalue weighted by Crippen LogP contribution is 2.28. The molecule has 4 heteroatoms. The third kappa shape index (κ3) is 3.80. The predicted octanol–water partition coefficient (Wildman–Crippen LogP) is 2.68. The number of sulfone groups is 1. The summed E-state index contributed by atoms with van der Waals surface area (Å²) in [6.45, 7) is -6.80. The van der Waals surface area contributed by atoms with Crippen LogP contribution < -0.4 is 0 Å². The van der Waals surface area contributed by atoms with Crippen molar-refractivity contribution in [2.45, 2.75) is 36.9 Å². The lowest BCUT2D eigenvalue weighted by molar-refractivity contribution is 0.208. The predicted molar refractivity (Wildman–Crippen MR) is 78.3 cm³/mol. The zero-order valence-corrected chi connectivity index (χ0v) is 10.9. The summed E-state index contributed by atoms with van der Waals surface area (Å²) in [5, 5.41) is 0. The second-order valence-electron chi connectivity index (χ2n) is 4.27. The van der Waals surface area contributed by atoms with Gasteiger partial charge in [0.1, 0.15) is 0 Å². The lowest BCUT2D eigenvalue weighted by atomic mass is 9.90. The minimum atomic E-state index is -5.22. The Bertz CT molecular complexity index is 1030. The first kappa shape index (κ1) is 4.85. The van der Waals surface area contributed by atoms with Gasteiger partial charge in [0.05, 0.1) is 10.4 Å². The first-order valence-corrected chi connectivity index (χ1v) is 7.19. The van der Waals surface area contributed by atoms with E-state index in [1.807, 2.05) is 0 Å². The Balaban J connectivity index is 2.65. The van der Waals surface area contributed by atoms with E-state index in [9.17, 15) is 8.42 Å². The van der Waals surface area contributed by atoms with Crippen LogP contribution in [0.2, 0.25) is 0 Å². The highest BCUT2D eigenvalue weighted by molar-refractivity contribution is 7.90. The van der Waals surface area contributed by atoms with Gasteiger partial charge in [-0.25, -0.2) is 8.42 Å². The third-order valence-corrected chi connectivity index (χ3v) is 3.68. The van der Waals surface area contributed by atoms with Crippen LogP contribution in [0.3, 0.4) is 0 Å². The average Bonchev–Trinajstić information content (AvgIpc) is 2.64. The van der Waals surface area contributed by atoms with E-state index >= 15 is 0 Å². The van der Waals surface area contributed by atoms with E-state index in [1.54, 1.807) is 0 Å². The van der Waals surface area contributed by atoms with E-state index in [2.05, 4.69) is 0 Å². The summed E-state index contributed by atoms with van der Waals surface area (Å²) in [7, 11) is -5.22. The molecular weight excluding hydrogens is 258 g/mol. The number of benzene rings is 1. The summed E-state index contributed by atoms with van der Waals surface area (Å²) in [4.78, 5) is -0.334. The van der Waals surface area contributed by atoms with Gasteiger partial charge in [-0.15, -0.1) is 0 Å². The summed E-state index contributed by atoms with van der Waals surface area (Å²) >= 11 is 0. The molecule has 0 aliphatic carbocycles. The van der Waals surface area contributed by atoms with Crippen LogP contribution in [0.15, 0.2) is 29.1 Å². The normalized spacial score (nSPS) is 35.1. The molecule has 3 nitrogen and oxygen atoms in total. The molecule has 0 N–H and O–H groups in total. The van der Waals surface area contributed by atoms with E-state index in [-0.39, 0.29) is 24.9 Å². The van der Waals surface area contributed by atoms with Crippen LogP contribution in [-0.4, -0.2) is 39.1 Å². The monoisotopic (exact) mass is 295 g/mol. The summed E-state index contributed by atoms with van der Waals surface area (Å²) in [5.41, 5.74) is -0.381. The molecule has 1 atom stereocenters. The second-order valence-corrected chi connectivity index (χ2v) is 5.68. The zero-order valence-electron chi connectivity index (χ0n) is 24.1. The molecule has 1 aliphatic rings. The maximum Gasteiger partial charge on any atom is 0.175 e. The highest BCUT2D eigenvalue weighted by Gasteiger charge is 2.21. The molecular formula is C15H23NO2S. The van der Waals surface area contributed by atoms with Gasteiger partial charge in [0.15, 0.2) is 9.84 Å². The molecule has 1 heterocycles. The van der Waals surface area contributed by atoms with Crippen molar-refractivity contribution in [2.75, 3.05) is 25.8 Å². The molecule has 1 aliphatic heterocycles. The summed E-state index contributed by atoms with van der Waals surface area (Å²) < 4.78 is 133. The Morgan fingerprint density at radius 1 is 1.58 bits per heavy atom. The zero-order chi connectivity index (χ0) is 25.9. The molecule has 1 unspecified atom stereocenters. The van der Waals surface area contributed by atoms with Crippen LogP contribution in [0.25, 0.3) is 0 Å². The number of hydrogen-bond donors (Lipinski definition) is 0. The Hall–Kier alpha value is -0.870. The lowest BCUT2D eigenvalue weighted by Gasteiger charge is -2.32. The second kappa shape index (κ2) is 6.06. The van der Waals surface area contributed by atoms with Crippen molar-refractivity contribution in [1.29, 1.82) is 0 Å². The molecule has 1 saturated heterocycles. The Morgan fingerprint density at radius 2 is 2.47 bits per heavy atom. The molecule has 0 saturated carbocycles. The van der Waals surface area contributed by atoms with Gasteiger partial charge < -0.3 is 4.90 Å². The SMILES string of the molecule is [2H]c1c([2H])c(C2CCCN(C([2H])([2H])C([2H])([2H])C([2H])([2H])[2H])C2)c([2H])c(S(=O)(=O)C([2H])([2H])[2H])c1[2H]. The van der Waals surface area contributed by atoms with Gasteiger partial charge in [-0.1, -0.05) is 18.9 Å². The minimum absolute atomic E-state index is 0.0650. The van der Waals surface area contributed by atoms with Gasteiger partial charge in [-0.2, -0.15) is 0 Å². The van der Waals surface area contributed by atoms with Gasteiger partial charge in [0.25, 0.3) is 0 Å². The lowest BCUT2D eigenvalue weighted by Crippen LogP contribution is -2.34. The van der Waals surface area contributed by atoms with Crippen molar-refractivity contribution < 1.29 is 27.6 Å². The van der Waals surface area contributed by atoms with Crippen molar-refractivity contribution in [3.05, 3.63) is 29.7 Å². The summed E-state index contributed by atoms with van der Waals surface area (Å²) in [5.74, 6) is -1.00. The van der Waals surface area contributed by atoms with Gasteiger partial charge in [0.2, 0.25) is 0 Å². The molecule has 0 spiro atoms. The molecule has 0 radical (unpaired) electrons. The molecule has 1 fully saturated rings. The first-order valence-electron chi connectivity index (χ1n) is 12.7. The molecule has 0 bridgehead atoms. The van der Waals surface area contributed by atoms with Crippen LogP contribution in [0.1, 0.15) is 56.7 Å². The van der Waals surface area contributed by atoms with Gasteiger partial charge in [0, 0.05) is 26.4 Å². The molecule has 2 rings (SSSR count). The quantitative estimate of drug-likeness (QED) is 0.857. The van der Waals surface area contributed by atoms with E-state index < -0.39 is 77.3 Å². The molecule has 1 aromatic rings. The fraction of sp³-hybridized carbons (Fsp3) is 0.600. The van der Waals surface area contributed by atoms with E-state index in [4.69, 9.17) is 19.2 Å². The topological polar surface area (TPSA) is 37.4 Å². The average molecular weight is 296 g/mol. The van der Waals surface area contributed by atoms with Crippen molar-refractivity contribution >= 4 is 9.84 Å². The Kier molecular flexibility index (Phi) is 1.54. The summed E-state index contributed by atoms with van der Waals surface area (Å²) in [6.07, 6.45) is -6.60. The van der Waals surface area contributed by atoms with Gasteiger partial charge in [-0.3, -0.25) is 0 Å². The van der Waals surface area contributed by atoms with Crippen LogP contribution in [0.4, 0.5) is 0 Å². The Morgan fingerprint density at radius 3 is 3.26 bits per heavy atom. The number of piperidine rings is 1. The molecule has 0 amide bonds. The van der Waals surface area contributed by atoms with Crippen LogP contribution in [0, 0.1) is 0 Å². The van der Waals surface area contributed by atoms with Crippen LogP contribution in [-0.2, 0) is 9.84 Å². The highest BCUT2D eigenvalue weighted by atomic mass is 32.2. The fourth-order valence-corrected chi connectivity index (χ4v) is 2.50. The smallest absolute Gasteiger partial charge is 0.175 e. The van der Waals surface area contributed by atoms with Crippen LogP contribution >= 0.6 is 0 Å². The van der Waals surface area contributed by atoms with Crippen LogP contribution in [0.5, 0.6) is 0 Å². The molecule has 19 heavy (non-hydrogen) atoms.